The monoisotopic (exact) mass is 241 g/mol. The summed E-state index contributed by atoms with van der Waals surface area (Å²) in [6.45, 7) is 9.89. The van der Waals surface area contributed by atoms with Gasteiger partial charge in [0.15, 0.2) is 0 Å². The van der Waals surface area contributed by atoms with E-state index in [0.717, 1.165) is 25.7 Å². The zero-order valence-electron chi connectivity index (χ0n) is 12.1. The van der Waals surface area contributed by atoms with Crippen molar-refractivity contribution in [2.75, 3.05) is 19.8 Å². The van der Waals surface area contributed by atoms with Crippen LogP contribution in [0.2, 0.25) is 0 Å². The van der Waals surface area contributed by atoms with Gasteiger partial charge in [0.05, 0.1) is 0 Å². The van der Waals surface area contributed by atoms with Crippen LogP contribution in [0.3, 0.4) is 0 Å². The fourth-order valence-electron chi connectivity index (χ4n) is 1.76. The number of rotatable bonds is 10. The molecule has 0 atom stereocenters. The fraction of sp³-hybridized carbons (Fsp3) is 1.00. The number of hydrogen-bond acceptors (Lipinski definition) is 2. The van der Waals surface area contributed by atoms with Crippen molar-refractivity contribution in [2.24, 2.45) is 5.41 Å². The van der Waals surface area contributed by atoms with Crippen molar-refractivity contribution in [1.29, 1.82) is 0 Å². The fourth-order valence-corrected chi connectivity index (χ4v) is 1.76. The van der Waals surface area contributed by atoms with E-state index in [4.69, 9.17) is 4.74 Å². The summed E-state index contributed by atoms with van der Waals surface area (Å²) in [5, 5.41) is 3.55. The van der Waals surface area contributed by atoms with Gasteiger partial charge in [-0.25, -0.2) is 0 Å². The van der Waals surface area contributed by atoms with E-state index >= 15 is 0 Å². The Balaban J connectivity index is 1.69. The van der Waals surface area contributed by atoms with Crippen molar-refractivity contribution in [3.63, 3.8) is 0 Å². The molecule has 0 aromatic heterocycles. The van der Waals surface area contributed by atoms with Crippen LogP contribution in [0.1, 0.15) is 65.7 Å². The van der Waals surface area contributed by atoms with Crippen LogP contribution >= 0.6 is 0 Å². The Morgan fingerprint density at radius 2 is 1.71 bits per heavy atom. The Bertz CT molecular complexity index is 182. The maximum Gasteiger partial charge on any atom is 0.0471 e. The molecule has 0 spiro atoms. The van der Waals surface area contributed by atoms with Crippen LogP contribution < -0.4 is 5.32 Å². The third-order valence-electron chi connectivity index (χ3n) is 3.22. The quantitative estimate of drug-likeness (QED) is 0.588. The van der Waals surface area contributed by atoms with Gasteiger partial charge in [-0.1, -0.05) is 33.6 Å². The predicted octanol–water partition coefficient (Wildman–Crippen LogP) is 3.75. The van der Waals surface area contributed by atoms with Gasteiger partial charge in [-0.3, -0.25) is 0 Å². The van der Waals surface area contributed by atoms with Crippen molar-refractivity contribution in [3.8, 4) is 0 Å². The molecule has 102 valence electrons. The van der Waals surface area contributed by atoms with Crippen molar-refractivity contribution in [1.82, 2.24) is 5.32 Å². The third kappa shape index (κ3) is 10.8. The molecular formula is C15H31NO. The lowest BCUT2D eigenvalue weighted by atomic mass is 9.93. The molecule has 2 nitrogen and oxygen atoms in total. The molecule has 2 heteroatoms. The summed E-state index contributed by atoms with van der Waals surface area (Å²) in [6.07, 6.45) is 9.21. The molecule has 17 heavy (non-hydrogen) atoms. The third-order valence-corrected chi connectivity index (χ3v) is 3.22. The molecule has 0 saturated heterocycles. The molecule has 1 aliphatic rings. The van der Waals surface area contributed by atoms with E-state index in [0.29, 0.717) is 5.41 Å². The predicted molar refractivity (Wildman–Crippen MR) is 74.4 cm³/mol. The lowest BCUT2D eigenvalue weighted by molar-refractivity contribution is 0.105. The standard InChI is InChI=1S/C15H31NO/c1-15(2,3)10-13-17-12-7-5-4-6-11-16-14-8-9-14/h14,16H,4-13H2,1-3H3. The highest BCUT2D eigenvalue weighted by Crippen LogP contribution is 2.19. The number of ether oxygens (including phenoxy) is 1. The Morgan fingerprint density at radius 3 is 2.35 bits per heavy atom. The van der Waals surface area contributed by atoms with Gasteiger partial charge in [-0.05, 0) is 44.1 Å². The molecule has 1 rings (SSSR count). The molecule has 0 radical (unpaired) electrons. The molecule has 1 N–H and O–H groups in total. The highest BCUT2D eigenvalue weighted by Gasteiger charge is 2.19. The Hall–Kier alpha value is -0.0800. The average molecular weight is 241 g/mol. The van der Waals surface area contributed by atoms with Crippen LogP contribution in [0.5, 0.6) is 0 Å². The van der Waals surface area contributed by atoms with E-state index in [1.165, 1.54) is 45.1 Å². The SMILES string of the molecule is CC(C)(C)CCOCCCCCCNC1CC1. The molecule has 0 aliphatic heterocycles. The van der Waals surface area contributed by atoms with Gasteiger partial charge in [0.25, 0.3) is 0 Å². The van der Waals surface area contributed by atoms with Crippen molar-refractivity contribution < 1.29 is 4.74 Å². The zero-order chi connectivity index (χ0) is 12.6. The molecular weight excluding hydrogens is 210 g/mol. The largest absolute Gasteiger partial charge is 0.381 e. The van der Waals surface area contributed by atoms with E-state index in [9.17, 15) is 0 Å². The molecule has 0 unspecified atom stereocenters. The molecule has 0 heterocycles. The second-order valence-electron chi connectivity index (χ2n) is 6.57. The zero-order valence-corrected chi connectivity index (χ0v) is 12.1. The van der Waals surface area contributed by atoms with Crippen LogP contribution in [0.25, 0.3) is 0 Å². The lowest BCUT2D eigenvalue weighted by Crippen LogP contribution is -2.17. The Morgan fingerprint density at radius 1 is 1.00 bits per heavy atom. The minimum atomic E-state index is 0.411. The molecule has 0 aromatic carbocycles. The minimum absolute atomic E-state index is 0.411. The molecule has 0 bridgehead atoms. The summed E-state index contributed by atoms with van der Waals surface area (Å²) >= 11 is 0. The maximum absolute atomic E-state index is 5.65. The molecule has 1 saturated carbocycles. The van der Waals surface area contributed by atoms with Gasteiger partial charge in [-0.2, -0.15) is 0 Å². The molecule has 1 fully saturated rings. The van der Waals surface area contributed by atoms with E-state index in [1.54, 1.807) is 0 Å². The van der Waals surface area contributed by atoms with Gasteiger partial charge < -0.3 is 10.1 Å². The topological polar surface area (TPSA) is 21.3 Å². The Kier molecular flexibility index (Phi) is 7.14. The first kappa shape index (κ1) is 15.0. The number of hydrogen-bond donors (Lipinski definition) is 1. The van der Waals surface area contributed by atoms with E-state index in [-0.39, 0.29) is 0 Å². The van der Waals surface area contributed by atoms with Crippen molar-refractivity contribution >= 4 is 0 Å². The first-order valence-corrected chi connectivity index (χ1v) is 7.39. The average Bonchev–Trinajstić information content (AvgIpc) is 3.03. The normalized spacial score (nSPS) is 16.4. The molecule has 1 aliphatic carbocycles. The van der Waals surface area contributed by atoms with Crippen molar-refractivity contribution in [3.05, 3.63) is 0 Å². The second-order valence-corrected chi connectivity index (χ2v) is 6.57. The highest BCUT2D eigenvalue weighted by atomic mass is 16.5. The smallest absolute Gasteiger partial charge is 0.0471 e. The maximum atomic E-state index is 5.65. The first-order chi connectivity index (χ1) is 8.08. The van der Waals surface area contributed by atoms with Crippen LogP contribution in [-0.4, -0.2) is 25.8 Å². The highest BCUT2D eigenvalue weighted by molar-refractivity contribution is 4.80. The second kappa shape index (κ2) is 8.10. The molecule has 0 aromatic rings. The Labute approximate surface area is 108 Å². The summed E-state index contributed by atoms with van der Waals surface area (Å²) in [4.78, 5) is 0. The van der Waals surface area contributed by atoms with Gasteiger partial charge in [0.2, 0.25) is 0 Å². The first-order valence-electron chi connectivity index (χ1n) is 7.39. The van der Waals surface area contributed by atoms with E-state index < -0.39 is 0 Å². The summed E-state index contributed by atoms with van der Waals surface area (Å²) < 4.78 is 5.65. The summed E-state index contributed by atoms with van der Waals surface area (Å²) in [5.41, 5.74) is 0.411. The number of nitrogens with one attached hydrogen (secondary N) is 1. The minimum Gasteiger partial charge on any atom is -0.381 e. The number of unbranched alkanes of at least 4 members (excludes halogenated alkanes) is 3. The molecule has 0 amide bonds. The summed E-state index contributed by atoms with van der Waals surface area (Å²) in [7, 11) is 0. The lowest BCUT2D eigenvalue weighted by Gasteiger charge is -2.17. The van der Waals surface area contributed by atoms with Gasteiger partial charge in [0.1, 0.15) is 0 Å². The van der Waals surface area contributed by atoms with Crippen LogP contribution in [0.4, 0.5) is 0 Å². The van der Waals surface area contributed by atoms with Crippen molar-refractivity contribution in [2.45, 2.75) is 71.8 Å². The summed E-state index contributed by atoms with van der Waals surface area (Å²) in [5.74, 6) is 0. The van der Waals surface area contributed by atoms with Crippen LogP contribution in [0, 0.1) is 5.41 Å². The van der Waals surface area contributed by atoms with E-state index in [2.05, 4.69) is 26.1 Å². The van der Waals surface area contributed by atoms with Crippen LogP contribution in [0.15, 0.2) is 0 Å². The van der Waals surface area contributed by atoms with Gasteiger partial charge >= 0.3 is 0 Å². The van der Waals surface area contributed by atoms with Crippen LogP contribution in [-0.2, 0) is 4.74 Å². The van der Waals surface area contributed by atoms with Gasteiger partial charge in [-0.15, -0.1) is 0 Å². The van der Waals surface area contributed by atoms with Gasteiger partial charge in [0, 0.05) is 19.3 Å². The van der Waals surface area contributed by atoms with E-state index in [1.807, 2.05) is 0 Å². The summed E-state index contributed by atoms with van der Waals surface area (Å²) in [6, 6.07) is 0.871.